The van der Waals surface area contributed by atoms with Crippen LogP contribution in [0.15, 0.2) is 49.7 Å². The van der Waals surface area contributed by atoms with Gasteiger partial charge >= 0.3 is 0 Å². The van der Waals surface area contributed by atoms with Crippen molar-refractivity contribution in [1.29, 1.82) is 0 Å². The minimum Gasteiger partial charge on any atom is -0.460 e. The Hall–Kier alpha value is -1.39. The lowest BCUT2D eigenvalue weighted by molar-refractivity contribution is 0.103. The van der Waals surface area contributed by atoms with E-state index in [1.807, 2.05) is 13.8 Å². The van der Waals surface area contributed by atoms with Gasteiger partial charge in [-0.1, -0.05) is 56.9 Å². The summed E-state index contributed by atoms with van der Waals surface area (Å²) in [5.41, 5.74) is 1.56. The first-order valence-corrected chi connectivity index (χ1v) is 8.29. The topological polar surface area (TPSA) is 30.2 Å². The molecule has 0 unspecified atom stereocenters. The molecular formula is C18H14Br2O2. The monoisotopic (exact) mass is 424 g/mol. The van der Waals surface area contributed by atoms with Gasteiger partial charge in [0.05, 0.1) is 11.0 Å². The fourth-order valence-electron chi connectivity index (χ4n) is 2.28. The first-order chi connectivity index (χ1) is 12.2. The van der Waals surface area contributed by atoms with E-state index < -0.39 is 0 Å². The van der Waals surface area contributed by atoms with E-state index in [1.54, 1.807) is 12.1 Å². The molecule has 0 saturated carbocycles. The smallest absolute Gasteiger partial charge is 0.197 e. The number of carbonyl (C=O) groups excluding carboxylic acids is 1. The Morgan fingerprint density at radius 1 is 1.23 bits per heavy atom. The summed E-state index contributed by atoms with van der Waals surface area (Å²) >= 11 is 6.87. The Labute approximate surface area is 151 Å². The fourth-order valence-corrected chi connectivity index (χ4v) is 3.46. The van der Waals surface area contributed by atoms with Crippen LogP contribution in [-0.4, -0.2) is 5.78 Å². The van der Waals surface area contributed by atoms with Crippen LogP contribution in [-0.2, 0) is 6.42 Å². The van der Waals surface area contributed by atoms with Crippen LogP contribution >= 0.6 is 31.9 Å². The predicted molar refractivity (Wildman–Crippen MR) is 95.6 cm³/mol. The molecule has 0 amide bonds. The molecule has 3 rings (SSSR count). The van der Waals surface area contributed by atoms with Crippen molar-refractivity contribution in [2.24, 2.45) is 0 Å². The third-order valence-corrected chi connectivity index (χ3v) is 5.15. The summed E-state index contributed by atoms with van der Waals surface area (Å²) in [4.78, 5) is 13.2. The van der Waals surface area contributed by atoms with Crippen molar-refractivity contribution >= 4 is 48.6 Å². The van der Waals surface area contributed by atoms with Crippen molar-refractivity contribution in [3.8, 4) is 0 Å². The molecule has 22 heavy (non-hydrogen) atoms. The molecule has 0 atom stereocenters. The number of carbonyl (C=O) groups is 1. The number of hydrogen-bond acceptors (Lipinski definition) is 2. The summed E-state index contributed by atoms with van der Waals surface area (Å²) in [5.74, 6) is 0.0110. The van der Waals surface area contributed by atoms with Crippen molar-refractivity contribution in [1.82, 2.24) is 0 Å². The molecule has 0 saturated heterocycles. The quantitative estimate of drug-likeness (QED) is 0.477. The standard InChI is InChI=1S/C18H14Br2O2/c1-3-15-17(12-6-4-5-7-16(12)22-15)18(21)11-8-13(19)10(2)14(20)9-11/h4-9H,3H2,1-2H3/i4D,5D,6D,7D. The zero-order chi connectivity index (χ0) is 19.3. The average Bonchev–Trinajstić information content (AvgIpc) is 3.01. The SMILES string of the molecule is [2H]c1c([2H])c([2H])c2c(C(=O)c3cc(Br)c(C)c(Br)c3)c(CC)oc2c1[2H]. The second-order valence-electron chi connectivity index (χ2n) is 4.85. The summed E-state index contributed by atoms with van der Waals surface area (Å²) < 4.78 is 39.2. The van der Waals surface area contributed by atoms with Gasteiger partial charge in [0, 0.05) is 26.3 Å². The van der Waals surface area contributed by atoms with Crippen LogP contribution in [0, 0.1) is 6.92 Å². The zero-order valence-electron chi connectivity index (χ0n) is 15.9. The van der Waals surface area contributed by atoms with Crippen LogP contribution in [0.2, 0.25) is 0 Å². The van der Waals surface area contributed by atoms with E-state index in [2.05, 4.69) is 31.9 Å². The lowest BCUT2D eigenvalue weighted by Gasteiger charge is -2.07. The van der Waals surface area contributed by atoms with E-state index in [-0.39, 0.29) is 46.5 Å². The highest BCUT2D eigenvalue weighted by Gasteiger charge is 2.21. The lowest BCUT2D eigenvalue weighted by Crippen LogP contribution is -2.04. The first kappa shape index (κ1) is 11.2. The van der Waals surface area contributed by atoms with Crippen LogP contribution in [0.3, 0.4) is 0 Å². The minimum absolute atomic E-state index is 0.0152. The molecule has 0 N–H and O–H groups in total. The van der Waals surface area contributed by atoms with Gasteiger partial charge in [-0.2, -0.15) is 0 Å². The molecule has 2 nitrogen and oxygen atoms in total. The van der Waals surface area contributed by atoms with E-state index in [4.69, 9.17) is 9.90 Å². The number of hydrogen-bond donors (Lipinski definition) is 0. The van der Waals surface area contributed by atoms with E-state index in [9.17, 15) is 4.79 Å². The number of para-hydroxylation sites is 1. The molecule has 0 aliphatic heterocycles. The Morgan fingerprint density at radius 2 is 1.86 bits per heavy atom. The van der Waals surface area contributed by atoms with Crippen molar-refractivity contribution in [3.63, 3.8) is 0 Å². The maximum Gasteiger partial charge on any atom is 0.197 e. The maximum atomic E-state index is 13.2. The van der Waals surface area contributed by atoms with Crippen LogP contribution in [0.25, 0.3) is 11.0 Å². The second-order valence-corrected chi connectivity index (χ2v) is 6.56. The Morgan fingerprint density at radius 3 is 2.50 bits per heavy atom. The van der Waals surface area contributed by atoms with E-state index >= 15 is 0 Å². The first-order valence-electron chi connectivity index (χ1n) is 8.71. The molecule has 1 heterocycles. The zero-order valence-corrected chi connectivity index (χ0v) is 15.1. The van der Waals surface area contributed by atoms with Gasteiger partial charge in [0.2, 0.25) is 0 Å². The van der Waals surface area contributed by atoms with Gasteiger partial charge in [0.15, 0.2) is 5.78 Å². The van der Waals surface area contributed by atoms with E-state index in [0.717, 1.165) is 14.5 Å². The molecule has 0 aliphatic rings. The molecule has 0 aliphatic carbocycles. The highest BCUT2D eigenvalue weighted by atomic mass is 79.9. The van der Waals surface area contributed by atoms with Gasteiger partial charge in [-0.15, -0.1) is 0 Å². The number of ketones is 1. The Balaban J connectivity index is 2.36. The third-order valence-electron chi connectivity index (χ3n) is 3.50. The van der Waals surface area contributed by atoms with Gasteiger partial charge in [-0.3, -0.25) is 4.79 Å². The summed E-state index contributed by atoms with van der Waals surface area (Å²) in [7, 11) is 0. The molecule has 2 aromatic carbocycles. The van der Waals surface area contributed by atoms with Gasteiger partial charge < -0.3 is 4.42 Å². The molecule has 0 fully saturated rings. The average molecular weight is 426 g/mol. The van der Waals surface area contributed by atoms with Crippen molar-refractivity contribution in [3.05, 3.63) is 67.7 Å². The normalized spacial score (nSPS) is 13.6. The number of aryl methyl sites for hydroxylation is 1. The molecule has 112 valence electrons. The molecule has 4 heteroatoms. The lowest BCUT2D eigenvalue weighted by atomic mass is 9.98. The summed E-state index contributed by atoms with van der Waals surface area (Å²) in [6, 6.07) is 2.10. The number of rotatable bonds is 3. The van der Waals surface area contributed by atoms with Gasteiger partial charge in [-0.25, -0.2) is 0 Å². The van der Waals surface area contributed by atoms with Crippen LogP contribution < -0.4 is 0 Å². The number of benzene rings is 2. The Bertz CT molecular complexity index is 1050. The summed E-state index contributed by atoms with van der Waals surface area (Å²) in [6.45, 7) is 3.72. The van der Waals surface area contributed by atoms with Gasteiger partial charge in [-0.05, 0) is 30.7 Å². The fraction of sp³-hybridized carbons (Fsp3) is 0.167. The summed E-state index contributed by atoms with van der Waals surface area (Å²) in [5, 5.41) is 0.130. The van der Waals surface area contributed by atoms with Crippen LogP contribution in [0.5, 0.6) is 0 Å². The van der Waals surface area contributed by atoms with E-state index in [1.165, 1.54) is 0 Å². The van der Waals surface area contributed by atoms with E-state index in [0.29, 0.717) is 17.7 Å². The van der Waals surface area contributed by atoms with Gasteiger partial charge in [0.25, 0.3) is 0 Å². The molecule has 1 aromatic heterocycles. The number of furan rings is 1. The highest BCUT2D eigenvalue weighted by molar-refractivity contribution is 9.11. The maximum absolute atomic E-state index is 13.2. The van der Waals surface area contributed by atoms with Crippen LogP contribution in [0.1, 0.15) is 39.7 Å². The number of halogens is 2. The van der Waals surface area contributed by atoms with Crippen molar-refractivity contribution < 1.29 is 14.7 Å². The number of fused-ring (bicyclic) bond motifs is 1. The molecule has 0 spiro atoms. The summed E-state index contributed by atoms with van der Waals surface area (Å²) in [6.07, 6.45) is 0.392. The largest absolute Gasteiger partial charge is 0.460 e. The molecule has 0 bridgehead atoms. The van der Waals surface area contributed by atoms with Crippen molar-refractivity contribution in [2.45, 2.75) is 20.3 Å². The Kier molecular flexibility index (Phi) is 3.06. The van der Waals surface area contributed by atoms with Crippen LogP contribution in [0.4, 0.5) is 0 Å². The predicted octanol–water partition coefficient (Wildman–Crippen LogP) is 6.06. The third kappa shape index (κ3) is 2.55. The van der Waals surface area contributed by atoms with Gasteiger partial charge in [0.1, 0.15) is 11.3 Å². The minimum atomic E-state index is -0.383. The van der Waals surface area contributed by atoms with Crippen molar-refractivity contribution in [2.75, 3.05) is 0 Å². The second kappa shape index (κ2) is 6.01. The highest BCUT2D eigenvalue weighted by Crippen LogP contribution is 2.32. The molecular weight excluding hydrogens is 408 g/mol. The molecule has 3 aromatic rings. The molecule has 0 radical (unpaired) electrons.